The minimum absolute atomic E-state index is 0.00435. The van der Waals surface area contributed by atoms with E-state index in [0.29, 0.717) is 0 Å². The van der Waals surface area contributed by atoms with Gasteiger partial charge in [-0.25, -0.2) is 0 Å². The summed E-state index contributed by atoms with van der Waals surface area (Å²) >= 11 is 0. The number of unbranched alkanes of at least 4 members (excludes halogenated alkanes) is 31. The van der Waals surface area contributed by atoms with Crippen LogP contribution in [-0.2, 0) is 9.53 Å². The molecule has 48 heavy (non-hydrogen) atoms. The SMILES string of the molecule is CCCCCCCCCCCCCCC/C=C/CCCC/C=C1/OC(=O)C1CCCC/C=C/CCCCCCCCCCCCCCC. The molecule has 1 atom stereocenters. The number of allylic oxidation sites excluding steroid dienone is 5. The molecular weight excluding hydrogens is 585 g/mol. The minimum Gasteiger partial charge on any atom is -0.430 e. The van der Waals surface area contributed by atoms with Gasteiger partial charge in [-0.05, 0) is 76.7 Å². The van der Waals surface area contributed by atoms with E-state index in [1.54, 1.807) is 0 Å². The fourth-order valence-electron chi connectivity index (χ4n) is 7.05. The van der Waals surface area contributed by atoms with Crippen LogP contribution in [0.1, 0.15) is 245 Å². The Bertz CT molecular complexity index is 762. The second kappa shape index (κ2) is 37.0. The van der Waals surface area contributed by atoms with Crippen molar-refractivity contribution in [3.05, 3.63) is 36.1 Å². The molecule has 0 aromatic heterocycles. The summed E-state index contributed by atoms with van der Waals surface area (Å²) in [6, 6.07) is 0. The molecular formula is C46H84O2. The molecule has 0 bridgehead atoms. The molecule has 0 radical (unpaired) electrons. The molecule has 1 rings (SSSR count). The molecule has 1 fully saturated rings. The fourth-order valence-corrected chi connectivity index (χ4v) is 7.05. The van der Waals surface area contributed by atoms with Crippen LogP contribution < -0.4 is 0 Å². The quantitative estimate of drug-likeness (QED) is 0.0372. The number of carbonyl (C=O) groups excluding carboxylic acids is 1. The minimum atomic E-state index is -0.00435. The van der Waals surface area contributed by atoms with E-state index in [4.69, 9.17) is 4.74 Å². The molecule has 0 aromatic rings. The van der Waals surface area contributed by atoms with Gasteiger partial charge in [0.1, 0.15) is 11.7 Å². The Hall–Kier alpha value is -1.31. The highest BCUT2D eigenvalue weighted by Gasteiger charge is 2.36. The first-order chi connectivity index (χ1) is 23.8. The van der Waals surface area contributed by atoms with Gasteiger partial charge in [-0.15, -0.1) is 0 Å². The van der Waals surface area contributed by atoms with Crippen molar-refractivity contribution in [2.45, 2.75) is 245 Å². The zero-order valence-corrected chi connectivity index (χ0v) is 32.7. The lowest BCUT2D eigenvalue weighted by atomic mass is 9.94. The maximum Gasteiger partial charge on any atom is 0.321 e. The van der Waals surface area contributed by atoms with Crippen LogP contribution in [0.25, 0.3) is 0 Å². The Morgan fingerprint density at radius 3 is 1.04 bits per heavy atom. The lowest BCUT2D eigenvalue weighted by Gasteiger charge is -2.27. The molecule has 1 heterocycles. The van der Waals surface area contributed by atoms with Crippen molar-refractivity contribution in [2.75, 3.05) is 0 Å². The number of hydrogen-bond acceptors (Lipinski definition) is 2. The van der Waals surface area contributed by atoms with Gasteiger partial charge in [0.25, 0.3) is 0 Å². The van der Waals surface area contributed by atoms with E-state index >= 15 is 0 Å². The zero-order chi connectivity index (χ0) is 34.4. The highest BCUT2D eigenvalue weighted by molar-refractivity contribution is 5.82. The maximum atomic E-state index is 12.0. The third-order valence-electron chi connectivity index (χ3n) is 10.4. The number of hydrogen-bond donors (Lipinski definition) is 0. The highest BCUT2D eigenvalue weighted by Crippen LogP contribution is 2.32. The van der Waals surface area contributed by atoms with Gasteiger partial charge in [-0.3, -0.25) is 4.79 Å². The van der Waals surface area contributed by atoms with Gasteiger partial charge in [0.05, 0.1) is 0 Å². The molecule has 2 nitrogen and oxygen atoms in total. The van der Waals surface area contributed by atoms with Crippen LogP contribution >= 0.6 is 0 Å². The largest absolute Gasteiger partial charge is 0.430 e. The van der Waals surface area contributed by atoms with Crippen molar-refractivity contribution in [1.29, 1.82) is 0 Å². The molecule has 0 N–H and O–H groups in total. The van der Waals surface area contributed by atoms with E-state index in [0.717, 1.165) is 31.4 Å². The van der Waals surface area contributed by atoms with Crippen molar-refractivity contribution in [1.82, 2.24) is 0 Å². The molecule has 1 unspecified atom stereocenters. The number of carbonyl (C=O) groups is 1. The Balaban J connectivity index is 1.85. The first-order valence-electron chi connectivity index (χ1n) is 22.0. The Morgan fingerprint density at radius 1 is 0.396 bits per heavy atom. The van der Waals surface area contributed by atoms with Gasteiger partial charge < -0.3 is 4.74 Å². The zero-order valence-electron chi connectivity index (χ0n) is 32.7. The maximum absolute atomic E-state index is 12.0. The fraction of sp³-hybridized carbons (Fsp3) is 0.848. The standard InChI is InChI=1S/C46H84O2/c1-3-5-7-9-11-13-15-17-19-21-23-25-27-29-31-33-35-37-39-41-43-45-44(46(47)48-45)42-40-38-36-34-32-30-28-26-24-22-20-18-16-14-12-10-8-6-4-2/h31-34,43-44H,3-30,35-42H2,1-2H3/b33-31+,34-32+,45-43+. The number of cyclic esters (lactones) is 1. The Kier molecular flexibility index (Phi) is 34.4. The van der Waals surface area contributed by atoms with Crippen LogP contribution in [0.2, 0.25) is 0 Å². The van der Waals surface area contributed by atoms with Crippen LogP contribution in [-0.4, -0.2) is 5.97 Å². The van der Waals surface area contributed by atoms with Gasteiger partial charge in [-0.1, -0.05) is 199 Å². The predicted octanol–water partition coefficient (Wildman–Crippen LogP) is 16.2. The highest BCUT2D eigenvalue weighted by atomic mass is 16.6. The van der Waals surface area contributed by atoms with Crippen molar-refractivity contribution < 1.29 is 9.53 Å². The third kappa shape index (κ3) is 29.6. The summed E-state index contributed by atoms with van der Waals surface area (Å²) in [4.78, 5) is 12.0. The predicted molar refractivity (Wildman–Crippen MR) is 214 cm³/mol. The third-order valence-corrected chi connectivity index (χ3v) is 10.4. The molecule has 0 aromatic carbocycles. The first kappa shape index (κ1) is 44.7. The van der Waals surface area contributed by atoms with E-state index in [-0.39, 0.29) is 11.9 Å². The van der Waals surface area contributed by atoms with Gasteiger partial charge in [0, 0.05) is 0 Å². The lowest BCUT2D eigenvalue weighted by Crippen LogP contribution is -2.32. The molecule has 1 aliphatic rings. The number of rotatable bonds is 38. The summed E-state index contributed by atoms with van der Waals surface area (Å²) in [6.45, 7) is 4.59. The summed E-state index contributed by atoms with van der Waals surface area (Å²) in [7, 11) is 0. The van der Waals surface area contributed by atoms with E-state index in [1.807, 2.05) is 0 Å². The van der Waals surface area contributed by atoms with Crippen molar-refractivity contribution in [3.8, 4) is 0 Å². The second-order valence-electron chi connectivity index (χ2n) is 15.2. The topological polar surface area (TPSA) is 26.3 Å². The normalized spacial score (nSPS) is 15.7. The summed E-state index contributed by atoms with van der Waals surface area (Å²) in [5.41, 5.74) is 0. The smallest absolute Gasteiger partial charge is 0.321 e. The van der Waals surface area contributed by atoms with Crippen molar-refractivity contribution in [3.63, 3.8) is 0 Å². The molecule has 2 heteroatoms. The van der Waals surface area contributed by atoms with E-state index < -0.39 is 0 Å². The van der Waals surface area contributed by atoms with Gasteiger partial charge in [-0.2, -0.15) is 0 Å². The monoisotopic (exact) mass is 669 g/mol. The van der Waals surface area contributed by atoms with Crippen LogP contribution in [0.3, 0.4) is 0 Å². The Labute approximate surface area is 301 Å². The summed E-state index contributed by atoms with van der Waals surface area (Å²) in [5, 5.41) is 0. The van der Waals surface area contributed by atoms with Crippen LogP contribution in [0.5, 0.6) is 0 Å². The molecule has 1 aliphatic heterocycles. The molecule has 0 amide bonds. The molecule has 0 aliphatic carbocycles. The Morgan fingerprint density at radius 2 is 0.688 bits per heavy atom. The van der Waals surface area contributed by atoms with Gasteiger partial charge in [0.15, 0.2) is 0 Å². The van der Waals surface area contributed by atoms with E-state index in [9.17, 15) is 4.79 Å². The van der Waals surface area contributed by atoms with E-state index in [2.05, 4.69) is 44.2 Å². The molecule has 280 valence electrons. The molecule has 0 spiro atoms. The van der Waals surface area contributed by atoms with Crippen LogP contribution in [0, 0.1) is 5.92 Å². The number of esters is 1. The second-order valence-corrected chi connectivity index (χ2v) is 15.2. The van der Waals surface area contributed by atoms with Crippen molar-refractivity contribution >= 4 is 5.97 Å². The van der Waals surface area contributed by atoms with Crippen LogP contribution in [0.15, 0.2) is 36.1 Å². The lowest BCUT2D eigenvalue weighted by molar-refractivity contribution is -0.157. The average Bonchev–Trinajstić information content (AvgIpc) is 3.09. The summed E-state index contributed by atoms with van der Waals surface area (Å²) in [5.74, 6) is 0.992. The van der Waals surface area contributed by atoms with E-state index in [1.165, 1.54) is 205 Å². The molecule has 1 saturated heterocycles. The summed E-state index contributed by atoms with van der Waals surface area (Å²) < 4.78 is 5.38. The average molecular weight is 669 g/mol. The van der Waals surface area contributed by atoms with Gasteiger partial charge in [0.2, 0.25) is 0 Å². The first-order valence-corrected chi connectivity index (χ1v) is 22.0. The van der Waals surface area contributed by atoms with Crippen LogP contribution in [0.4, 0.5) is 0 Å². The summed E-state index contributed by atoms with van der Waals surface area (Å²) in [6.07, 6.45) is 60.2. The van der Waals surface area contributed by atoms with Gasteiger partial charge >= 0.3 is 5.97 Å². The number of ether oxygens (including phenoxy) is 1. The molecule has 0 saturated carbocycles. The van der Waals surface area contributed by atoms with Crippen molar-refractivity contribution in [2.24, 2.45) is 5.92 Å².